The quantitative estimate of drug-likeness (QED) is 0.758. The number of nitrogens with zero attached hydrogens (tertiary/aromatic N) is 2. The van der Waals surface area contributed by atoms with Gasteiger partial charge in [0.2, 0.25) is 5.91 Å². The van der Waals surface area contributed by atoms with E-state index in [4.69, 9.17) is 4.99 Å². The summed E-state index contributed by atoms with van der Waals surface area (Å²) in [5.41, 5.74) is 6.22. The Morgan fingerprint density at radius 1 is 1.06 bits per heavy atom. The molecule has 2 aliphatic rings. The van der Waals surface area contributed by atoms with Crippen molar-refractivity contribution in [1.82, 2.24) is 0 Å². The normalized spacial score (nSPS) is 21.7. The molecule has 164 valence electrons. The number of aliphatic imine (C=N–C) groups is 1. The molecule has 8 heteroatoms. The fraction of sp³-hybridized carbons (Fsp3) is 0.391. The molecule has 2 aliphatic heterocycles. The number of thioether (sulfide) groups is 1. The van der Waals surface area contributed by atoms with Crippen molar-refractivity contribution < 1.29 is 13.2 Å². The Hall–Kier alpha value is -2.32. The standard InChI is InChI=1S/C23H27N3O3S2/c1-14-5-8-19(17(4)9-14)24-22(27)11-30-23-25-20-12-31(28,29)13-21(20)26(23)18-7-6-15(2)16(3)10-18/h5-10,20-21H,11-13H2,1-4H3,(H,24,27)/t20-,21-/m1/s1. The molecule has 1 saturated heterocycles. The maximum atomic E-state index is 12.6. The number of sulfone groups is 1. The molecule has 2 heterocycles. The van der Waals surface area contributed by atoms with Gasteiger partial charge >= 0.3 is 0 Å². The van der Waals surface area contributed by atoms with E-state index in [1.54, 1.807) is 0 Å². The molecule has 0 aromatic heterocycles. The SMILES string of the molecule is Cc1ccc(NC(=O)CSC2=N[C@@H]3CS(=O)(=O)C[C@H]3N2c2ccc(C)c(C)c2)c(C)c1. The molecule has 0 radical (unpaired) electrons. The van der Waals surface area contributed by atoms with Gasteiger partial charge in [-0.3, -0.25) is 9.79 Å². The summed E-state index contributed by atoms with van der Waals surface area (Å²) in [7, 11) is -3.11. The number of amidine groups is 1. The third kappa shape index (κ3) is 4.65. The maximum absolute atomic E-state index is 12.6. The number of anilines is 2. The molecule has 31 heavy (non-hydrogen) atoms. The average Bonchev–Trinajstić information content (AvgIpc) is 3.15. The summed E-state index contributed by atoms with van der Waals surface area (Å²) in [6.07, 6.45) is 0. The molecule has 6 nitrogen and oxygen atoms in total. The zero-order valence-corrected chi connectivity index (χ0v) is 19.8. The highest BCUT2D eigenvalue weighted by atomic mass is 32.2. The van der Waals surface area contributed by atoms with E-state index in [1.165, 1.54) is 17.3 Å². The molecule has 0 unspecified atom stereocenters. The van der Waals surface area contributed by atoms with Gasteiger partial charge in [-0.25, -0.2) is 8.42 Å². The minimum Gasteiger partial charge on any atom is -0.325 e. The summed E-state index contributed by atoms with van der Waals surface area (Å²) in [6.45, 7) is 8.08. The first-order valence-corrected chi connectivity index (χ1v) is 13.1. The lowest BCUT2D eigenvalue weighted by molar-refractivity contribution is -0.113. The van der Waals surface area contributed by atoms with Crippen LogP contribution in [-0.2, 0) is 14.6 Å². The molecule has 2 aromatic rings. The zero-order chi connectivity index (χ0) is 22.3. The van der Waals surface area contributed by atoms with Crippen LogP contribution < -0.4 is 10.2 Å². The minimum atomic E-state index is -3.11. The Bertz CT molecular complexity index is 1170. The monoisotopic (exact) mass is 457 g/mol. The van der Waals surface area contributed by atoms with Crippen molar-refractivity contribution in [3.8, 4) is 0 Å². The molecule has 0 bridgehead atoms. The molecule has 1 N–H and O–H groups in total. The first kappa shape index (κ1) is 21.9. The highest BCUT2D eigenvalue weighted by Crippen LogP contribution is 2.35. The van der Waals surface area contributed by atoms with Crippen LogP contribution in [0.4, 0.5) is 11.4 Å². The topological polar surface area (TPSA) is 78.8 Å². The summed E-state index contributed by atoms with van der Waals surface area (Å²) >= 11 is 1.36. The number of rotatable bonds is 4. The number of aryl methyl sites for hydroxylation is 4. The van der Waals surface area contributed by atoms with Gasteiger partial charge in [-0.15, -0.1) is 0 Å². The number of nitrogens with one attached hydrogen (secondary N) is 1. The van der Waals surface area contributed by atoms with Gasteiger partial charge in [0.15, 0.2) is 15.0 Å². The minimum absolute atomic E-state index is 0.0673. The van der Waals surface area contributed by atoms with Crippen LogP contribution in [0, 0.1) is 27.7 Å². The molecular formula is C23H27N3O3S2. The number of hydrogen-bond acceptors (Lipinski definition) is 6. The Morgan fingerprint density at radius 2 is 1.84 bits per heavy atom. The number of fused-ring (bicyclic) bond motifs is 1. The summed E-state index contributed by atoms with van der Waals surface area (Å²) in [6, 6.07) is 11.5. The van der Waals surface area contributed by atoms with Gasteiger partial charge in [-0.1, -0.05) is 35.5 Å². The van der Waals surface area contributed by atoms with Crippen molar-refractivity contribution in [2.75, 3.05) is 27.5 Å². The predicted molar refractivity (Wildman–Crippen MR) is 129 cm³/mol. The van der Waals surface area contributed by atoms with E-state index in [1.807, 2.05) is 62.9 Å². The van der Waals surface area contributed by atoms with Crippen LogP contribution in [0.15, 0.2) is 41.4 Å². The van der Waals surface area contributed by atoms with Gasteiger partial charge < -0.3 is 10.2 Å². The van der Waals surface area contributed by atoms with Gasteiger partial charge in [-0.2, -0.15) is 0 Å². The van der Waals surface area contributed by atoms with Crippen molar-refractivity contribution in [3.63, 3.8) is 0 Å². The van der Waals surface area contributed by atoms with E-state index >= 15 is 0 Å². The number of carbonyl (C=O) groups is 1. The second-order valence-corrected chi connectivity index (χ2v) is 11.5. The molecule has 1 fully saturated rings. The van der Waals surface area contributed by atoms with Crippen molar-refractivity contribution in [3.05, 3.63) is 58.7 Å². The Balaban J connectivity index is 1.52. The van der Waals surface area contributed by atoms with Crippen LogP contribution >= 0.6 is 11.8 Å². The van der Waals surface area contributed by atoms with E-state index < -0.39 is 9.84 Å². The highest BCUT2D eigenvalue weighted by Gasteiger charge is 2.47. The lowest BCUT2D eigenvalue weighted by atomic mass is 10.1. The average molecular weight is 458 g/mol. The van der Waals surface area contributed by atoms with Gasteiger partial charge in [0.05, 0.1) is 29.3 Å². The first-order valence-electron chi connectivity index (χ1n) is 10.3. The van der Waals surface area contributed by atoms with Crippen LogP contribution in [0.1, 0.15) is 22.3 Å². The van der Waals surface area contributed by atoms with E-state index in [0.29, 0.717) is 5.17 Å². The third-order valence-electron chi connectivity index (χ3n) is 5.86. The predicted octanol–water partition coefficient (Wildman–Crippen LogP) is 3.63. The number of amides is 1. The zero-order valence-electron chi connectivity index (χ0n) is 18.2. The largest absolute Gasteiger partial charge is 0.325 e. The molecule has 0 saturated carbocycles. The maximum Gasteiger partial charge on any atom is 0.234 e. The summed E-state index contributed by atoms with van der Waals surface area (Å²) in [4.78, 5) is 19.3. The van der Waals surface area contributed by atoms with Crippen molar-refractivity contribution in [2.24, 2.45) is 4.99 Å². The van der Waals surface area contributed by atoms with Crippen molar-refractivity contribution in [2.45, 2.75) is 39.8 Å². The van der Waals surface area contributed by atoms with Crippen LogP contribution in [0.3, 0.4) is 0 Å². The van der Waals surface area contributed by atoms with Crippen LogP contribution in [-0.4, -0.2) is 48.8 Å². The van der Waals surface area contributed by atoms with Crippen LogP contribution in [0.25, 0.3) is 0 Å². The van der Waals surface area contributed by atoms with Crippen molar-refractivity contribution in [1.29, 1.82) is 0 Å². The Kier molecular flexibility index (Phi) is 5.87. The van der Waals surface area contributed by atoms with E-state index in [2.05, 4.69) is 11.4 Å². The van der Waals surface area contributed by atoms with Crippen LogP contribution in [0.5, 0.6) is 0 Å². The second kappa shape index (κ2) is 8.31. The highest BCUT2D eigenvalue weighted by molar-refractivity contribution is 8.14. The number of benzene rings is 2. The van der Waals surface area contributed by atoms with E-state index in [-0.39, 0.29) is 35.2 Å². The lowest BCUT2D eigenvalue weighted by Gasteiger charge is -2.27. The molecular weight excluding hydrogens is 430 g/mol. The first-order chi connectivity index (χ1) is 14.6. The van der Waals surface area contributed by atoms with Crippen LogP contribution in [0.2, 0.25) is 0 Å². The third-order valence-corrected chi connectivity index (χ3v) is 8.53. The molecule has 2 aromatic carbocycles. The Morgan fingerprint density at radius 3 is 2.55 bits per heavy atom. The lowest BCUT2D eigenvalue weighted by Crippen LogP contribution is -2.39. The second-order valence-electron chi connectivity index (χ2n) is 8.42. The molecule has 0 aliphatic carbocycles. The van der Waals surface area contributed by atoms with Gasteiger partial charge in [0, 0.05) is 11.4 Å². The van der Waals surface area contributed by atoms with Gasteiger partial charge in [0.1, 0.15) is 0 Å². The smallest absolute Gasteiger partial charge is 0.234 e. The summed E-state index contributed by atoms with van der Waals surface area (Å²) < 4.78 is 24.4. The number of carbonyl (C=O) groups excluding carboxylic acids is 1. The molecule has 1 amide bonds. The summed E-state index contributed by atoms with van der Waals surface area (Å²) in [5, 5.41) is 3.68. The van der Waals surface area contributed by atoms with Crippen molar-refractivity contribution >= 4 is 44.0 Å². The summed E-state index contributed by atoms with van der Waals surface area (Å²) in [5.74, 6) is 0.258. The van der Waals surface area contributed by atoms with E-state index in [9.17, 15) is 13.2 Å². The fourth-order valence-electron chi connectivity index (χ4n) is 4.08. The molecule has 0 spiro atoms. The molecule has 4 rings (SSSR count). The van der Waals surface area contributed by atoms with E-state index in [0.717, 1.165) is 28.1 Å². The fourth-order valence-corrected chi connectivity index (χ4v) is 6.85. The molecule has 2 atom stereocenters. The Labute approximate surface area is 188 Å². The van der Waals surface area contributed by atoms with Gasteiger partial charge in [0.25, 0.3) is 0 Å². The number of hydrogen-bond donors (Lipinski definition) is 1. The van der Waals surface area contributed by atoms with Gasteiger partial charge in [-0.05, 0) is 62.6 Å².